The van der Waals surface area contributed by atoms with Crippen LogP contribution in [0.4, 0.5) is 5.69 Å². The highest BCUT2D eigenvalue weighted by molar-refractivity contribution is 6.68. The minimum absolute atomic E-state index is 0.0386. The first kappa shape index (κ1) is 22.1. The van der Waals surface area contributed by atoms with E-state index in [9.17, 15) is 19.7 Å². The van der Waals surface area contributed by atoms with Crippen molar-refractivity contribution in [3.05, 3.63) is 74.2 Å². The average molecular weight is 486 g/mol. The van der Waals surface area contributed by atoms with Crippen LogP contribution >= 0.6 is 34.8 Å². The van der Waals surface area contributed by atoms with Crippen LogP contribution in [0.25, 0.3) is 0 Å². The number of rotatable bonds is 4. The van der Waals surface area contributed by atoms with Gasteiger partial charge in [-0.3, -0.25) is 24.6 Å². The van der Waals surface area contributed by atoms with E-state index in [1.807, 2.05) is 11.0 Å². The normalized spacial score (nSPS) is 21.8. The lowest BCUT2D eigenvalue weighted by atomic mass is 9.83. The Morgan fingerprint density at radius 1 is 1.13 bits per heavy atom. The number of para-hydroxylation sites is 1. The Balaban J connectivity index is 1.61. The number of nitro benzene ring substituents is 1. The Bertz CT molecular complexity index is 1080. The van der Waals surface area contributed by atoms with Gasteiger partial charge in [-0.15, -0.1) is 0 Å². The molecule has 1 saturated heterocycles. The van der Waals surface area contributed by atoms with Crippen molar-refractivity contribution in [3.63, 3.8) is 0 Å². The van der Waals surface area contributed by atoms with Crippen molar-refractivity contribution in [2.75, 3.05) is 13.1 Å². The first-order chi connectivity index (χ1) is 14.6. The standard InChI is InChI=1S/C20H19Cl3N4O4/c21-20(22,23)19(24-18(29)14-4-1-2-5-16(14)27(30)31)25-9-12-8-13(11-25)15-6-3-7-17(28)26(15)10-12/h1-7,12-13,19H,8-11H2,(H,24,29)/t12-,13-,19-/m0/s1. The van der Waals surface area contributed by atoms with E-state index in [-0.39, 0.29) is 28.6 Å². The second kappa shape index (κ2) is 8.43. The monoisotopic (exact) mass is 484 g/mol. The van der Waals surface area contributed by atoms with Crippen molar-refractivity contribution in [1.82, 2.24) is 14.8 Å². The first-order valence-corrected chi connectivity index (χ1v) is 10.8. The highest BCUT2D eigenvalue weighted by Crippen LogP contribution is 2.40. The fourth-order valence-electron chi connectivity index (χ4n) is 4.55. The molecule has 164 valence electrons. The van der Waals surface area contributed by atoms with Gasteiger partial charge in [-0.25, -0.2) is 0 Å². The van der Waals surface area contributed by atoms with Gasteiger partial charge in [0.2, 0.25) is 3.79 Å². The highest BCUT2D eigenvalue weighted by atomic mass is 35.6. The Kier molecular flexibility index (Phi) is 6.00. The van der Waals surface area contributed by atoms with E-state index in [4.69, 9.17) is 34.8 Å². The van der Waals surface area contributed by atoms with E-state index in [0.29, 0.717) is 19.6 Å². The maximum Gasteiger partial charge on any atom is 0.282 e. The van der Waals surface area contributed by atoms with E-state index >= 15 is 0 Å². The maximum atomic E-state index is 12.9. The number of nitro groups is 1. The van der Waals surface area contributed by atoms with Crippen LogP contribution in [0.5, 0.6) is 0 Å². The highest BCUT2D eigenvalue weighted by Gasteiger charge is 2.44. The van der Waals surface area contributed by atoms with Crippen LogP contribution in [0.1, 0.15) is 28.4 Å². The second-order valence-corrected chi connectivity index (χ2v) is 10.2. The summed E-state index contributed by atoms with van der Waals surface area (Å²) in [5, 5.41) is 14.0. The third-order valence-corrected chi connectivity index (χ3v) is 6.42. The molecule has 0 saturated carbocycles. The van der Waals surface area contributed by atoms with Gasteiger partial charge in [0, 0.05) is 43.4 Å². The third-order valence-electron chi connectivity index (χ3n) is 5.80. The van der Waals surface area contributed by atoms with E-state index in [2.05, 4.69) is 5.32 Å². The minimum Gasteiger partial charge on any atom is -0.332 e. The van der Waals surface area contributed by atoms with Gasteiger partial charge in [-0.2, -0.15) is 0 Å². The second-order valence-electron chi connectivity index (χ2n) is 7.84. The van der Waals surface area contributed by atoms with Crippen molar-refractivity contribution in [1.29, 1.82) is 0 Å². The summed E-state index contributed by atoms with van der Waals surface area (Å²) in [6, 6.07) is 10.8. The lowest BCUT2D eigenvalue weighted by molar-refractivity contribution is -0.385. The summed E-state index contributed by atoms with van der Waals surface area (Å²) in [5.41, 5.74) is 0.442. The minimum atomic E-state index is -1.87. The van der Waals surface area contributed by atoms with Crippen LogP contribution in [-0.2, 0) is 6.54 Å². The molecule has 1 N–H and O–H groups in total. The molecule has 4 rings (SSSR count). The molecular formula is C20H19Cl3N4O4. The molecule has 11 heteroatoms. The number of hydrogen-bond donors (Lipinski definition) is 1. The summed E-state index contributed by atoms with van der Waals surface area (Å²) >= 11 is 18.7. The molecule has 0 unspecified atom stereocenters. The molecule has 3 atom stereocenters. The lowest BCUT2D eigenvalue weighted by Gasteiger charge is -2.47. The molecule has 0 aliphatic carbocycles. The van der Waals surface area contributed by atoms with Crippen molar-refractivity contribution in [3.8, 4) is 0 Å². The third kappa shape index (κ3) is 4.43. The van der Waals surface area contributed by atoms with Gasteiger partial charge >= 0.3 is 0 Å². The molecule has 0 radical (unpaired) electrons. The Morgan fingerprint density at radius 3 is 2.58 bits per heavy atom. The van der Waals surface area contributed by atoms with E-state index in [1.165, 1.54) is 24.3 Å². The number of likely N-dealkylation sites (tertiary alicyclic amines) is 1. The van der Waals surface area contributed by atoms with Gasteiger partial charge in [0.1, 0.15) is 11.7 Å². The van der Waals surface area contributed by atoms with E-state index < -0.39 is 20.8 Å². The SMILES string of the molecule is O=C(N[C@@H](N1C[C@@H]2C[C@@H](C1)c1cccc(=O)n1C2)C(Cl)(Cl)Cl)c1ccccc1[N+](=O)[O-]. The summed E-state index contributed by atoms with van der Waals surface area (Å²) in [6.45, 7) is 1.52. The molecule has 31 heavy (non-hydrogen) atoms. The Hall–Kier alpha value is -2.13. The molecule has 3 heterocycles. The maximum absolute atomic E-state index is 12.9. The Morgan fingerprint density at radius 2 is 1.87 bits per heavy atom. The number of carbonyl (C=O) groups excluding carboxylic acids is 1. The molecule has 2 aliphatic rings. The predicted molar refractivity (Wildman–Crippen MR) is 118 cm³/mol. The van der Waals surface area contributed by atoms with Gasteiger partial charge in [-0.1, -0.05) is 53.0 Å². The number of piperidine rings is 1. The van der Waals surface area contributed by atoms with Gasteiger partial charge in [0.25, 0.3) is 17.2 Å². The zero-order valence-corrected chi connectivity index (χ0v) is 18.5. The van der Waals surface area contributed by atoms with E-state index in [1.54, 1.807) is 16.7 Å². The van der Waals surface area contributed by atoms with Gasteiger partial charge in [-0.05, 0) is 24.5 Å². The number of alkyl halides is 3. The molecule has 0 spiro atoms. The van der Waals surface area contributed by atoms with Crippen LogP contribution in [0.3, 0.4) is 0 Å². The van der Waals surface area contributed by atoms with Gasteiger partial charge < -0.3 is 9.88 Å². The predicted octanol–water partition coefficient (Wildman–Crippen LogP) is 3.30. The van der Waals surface area contributed by atoms with Crippen molar-refractivity contribution in [2.45, 2.75) is 28.8 Å². The number of benzene rings is 1. The van der Waals surface area contributed by atoms with Crippen molar-refractivity contribution in [2.24, 2.45) is 5.92 Å². The summed E-state index contributed by atoms with van der Waals surface area (Å²) < 4.78 is -0.0896. The molecule has 1 aromatic heterocycles. The molecule has 8 nitrogen and oxygen atoms in total. The zero-order valence-electron chi connectivity index (χ0n) is 16.2. The summed E-state index contributed by atoms with van der Waals surface area (Å²) in [7, 11) is 0. The van der Waals surface area contributed by atoms with Gasteiger partial charge in [0.05, 0.1) is 4.92 Å². The number of halogens is 3. The van der Waals surface area contributed by atoms with Crippen LogP contribution < -0.4 is 10.9 Å². The number of carbonyl (C=O) groups is 1. The summed E-state index contributed by atoms with van der Waals surface area (Å²) in [4.78, 5) is 37.7. The summed E-state index contributed by atoms with van der Waals surface area (Å²) in [5.74, 6) is -0.514. The number of pyridine rings is 1. The molecule has 2 aliphatic heterocycles. The first-order valence-electron chi connectivity index (χ1n) is 9.70. The number of fused-ring (bicyclic) bond motifs is 4. The Labute approximate surface area is 192 Å². The molecule has 2 bridgehead atoms. The largest absolute Gasteiger partial charge is 0.332 e. The summed E-state index contributed by atoms with van der Waals surface area (Å²) in [6.07, 6.45) is -0.109. The lowest BCUT2D eigenvalue weighted by Crippen LogP contribution is -2.60. The van der Waals surface area contributed by atoms with E-state index in [0.717, 1.165) is 12.1 Å². The van der Waals surface area contributed by atoms with Crippen LogP contribution in [0.2, 0.25) is 0 Å². The smallest absolute Gasteiger partial charge is 0.282 e. The number of amides is 1. The fraction of sp³-hybridized carbons (Fsp3) is 0.400. The molecule has 1 fully saturated rings. The fourth-order valence-corrected chi connectivity index (χ4v) is 5.13. The molecular weight excluding hydrogens is 467 g/mol. The molecule has 1 aromatic carbocycles. The topological polar surface area (TPSA) is 97.5 Å². The van der Waals surface area contributed by atoms with Crippen molar-refractivity contribution < 1.29 is 9.72 Å². The average Bonchev–Trinajstić information content (AvgIpc) is 2.71. The van der Waals surface area contributed by atoms with Crippen molar-refractivity contribution >= 4 is 46.4 Å². The van der Waals surface area contributed by atoms with Crippen LogP contribution in [-0.4, -0.2) is 43.3 Å². The number of aromatic nitrogens is 1. The molecule has 2 aromatic rings. The number of nitrogens with one attached hydrogen (secondary N) is 1. The number of hydrogen-bond acceptors (Lipinski definition) is 5. The number of nitrogens with zero attached hydrogens (tertiary/aromatic N) is 3. The quantitative estimate of drug-likeness (QED) is 0.407. The van der Waals surface area contributed by atoms with Crippen LogP contribution in [0.15, 0.2) is 47.3 Å². The molecule has 1 amide bonds. The van der Waals surface area contributed by atoms with Gasteiger partial charge in [0.15, 0.2) is 0 Å². The zero-order chi connectivity index (χ0) is 22.3. The van der Waals surface area contributed by atoms with Crippen LogP contribution in [0, 0.1) is 16.0 Å².